The lowest BCUT2D eigenvalue weighted by Crippen LogP contribution is -2.48. The van der Waals surface area contributed by atoms with Gasteiger partial charge in [-0.25, -0.2) is 0 Å². The molecule has 5 aromatic rings. The molecule has 0 radical (unpaired) electrons. The monoisotopic (exact) mass is 514 g/mol. The third-order valence-electron chi connectivity index (χ3n) is 7.72. The van der Waals surface area contributed by atoms with E-state index in [1.165, 1.54) is 21.9 Å². The summed E-state index contributed by atoms with van der Waals surface area (Å²) in [5.41, 5.74) is 5.85. The molecule has 1 saturated heterocycles. The highest BCUT2D eigenvalue weighted by Gasteiger charge is 2.31. The summed E-state index contributed by atoms with van der Waals surface area (Å²) < 4.78 is 1.96. The largest absolute Gasteiger partial charge is 0.297 e. The molecule has 0 N–H and O–H groups in total. The lowest BCUT2D eigenvalue weighted by molar-refractivity contribution is 0.113. The average molecular weight is 515 g/mol. The molecule has 39 heavy (non-hydrogen) atoms. The number of hydrogen-bond donors (Lipinski definition) is 0. The van der Waals surface area contributed by atoms with Gasteiger partial charge in [0.2, 0.25) is 0 Å². The van der Waals surface area contributed by atoms with Crippen molar-refractivity contribution < 1.29 is 0 Å². The first-order valence-electron chi connectivity index (χ1n) is 13.7. The normalized spacial score (nSPS) is 15.7. The lowest BCUT2D eigenvalue weighted by Gasteiger charge is -2.38. The van der Waals surface area contributed by atoms with E-state index in [-0.39, 0.29) is 6.04 Å². The highest BCUT2D eigenvalue weighted by molar-refractivity contribution is 5.83. The van der Waals surface area contributed by atoms with Crippen molar-refractivity contribution in [3.8, 4) is 5.69 Å². The number of fused-ring (bicyclic) bond motifs is 1. The van der Waals surface area contributed by atoms with Crippen LogP contribution in [0.15, 0.2) is 97.1 Å². The van der Waals surface area contributed by atoms with E-state index < -0.39 is 0 Å². The summed E-state index contributed by atoms with van der Waals surface area (Å²) in [6, 6.07) is 32.1. The summed E-state index contributed by atoms with van der Waals surface area (Å²) in [6.45, 7) is 9.07. The van der Waals surface area contributed by atoms with Gasteiger partial charge in [0.05, 0.1) is 11.7 Å². The molecule has 0 unspecified atom stereocenters. The molecule has 0 saturated carbocycles. The van der Waals surface area contributed by atoms with Crippen LogP contribution < -0.4 is 0 Å². The Hall–Kier alpha value is -4.13. The summed E-state index contributed by atoms with van der Waals surface area (Å²) in [6.07, 6.45) is 4.48. The molecule has 4 aromatic carbocycles. The van der Waals surface area contributed by atoms with Crippen molar-refractivity contribution >= 4 is 16.8 Å². The Bertz CT molecular complexity index is 1560. The molecular weight excluding hydrogens is 480 g/mol. The van der Waals surface area contributed by atoms with E-state index in [1.807, 2.05) is 4.68 Å². The van der Waals surface area contributed by atoms with E-state index in [0.29, 0.717) is 0 Å². The van der Waals surface area contributed by atoms with Crippen molar-refractivity contribution in [1.29, 1.82) is 0 Å². The highest BCUT2D eigenvalue weighted by Crippen LogP contribution is 2.32. The van der Waals surface area contributed by atoms with Crippen LogP contribution in [0.4, 0.5) is 0 Å². The van der Waals surface area contributed by atoms with Gasteiger partial charge >= 0.3 is 0 Å². The van der Waals surface area contributed by atoms with Gasteiger partial charge in [0.15, 0.2) is 5.82 Å². The maximum Gasteiger partial charge on any atom is 0.178 e. The summed E-state index contributed by atoms with van der Waals surface area (Å²) >= 11 is 0. The quantitative estimate of drug-likeness (QED) is 0.273. The lowest BCUT2D eigenvalue weighted by atomic mass is 9.99. The molecule has 0 aliphatic carbocycles. The number of nitrogens with zero attached hydrogens (tertiary/aromatic N) is 6. The van der Waals surface area contributed by atoms with Gasteiger partial charge in [0.1, 0.15) is 0 Å². The molecule has 6 nitrogen and oxygen atoms in total. The van der Waals surface area contributed by atoms with Crippen LogP contribution in [0.3, 0.4) is 0 Å². The Labute approximate surface area is 230 Å². The van der Waals surface area contributed by atoms with Crippen LogP contribution >= 0.6 is 0 Å². The number of aryl methyl sites for hydroxylation is 2. The minimum Gasteiger partial charge on any atom is -0.297 e. The second kappa shape index (κ2) is 11.3. The van der Waals surface area contributed by atoms with E-state index >= 15 is 0 Å². The second-order valence-electron chi connectivity index (χ2n) is 10.3. The molecule has 1 fully saturated rings. The fourth-order valence-electron chi connectivity index (χ4n) is 5.67. The fraction of sp³-hybridized carbons (Fsp3) is 0.242. The molecule has 196 valence electrons. The van der Waals surface area contributed by atoms with Crippen molar-refractivity contribution in [3.63, 3.8) is 0 Å². The minimum absolute atomic E-state index is 0.0503. The van der Waals surface area contributed by atoms with E-state index in [9.17, 15) is 0 Å². The van der Waals surface area contributed by atoms with Crippen LogP contribution in [0.25, 0.3) is 22.5 Å². The van der Waals surface area contributed by atoms with E-state index in [0.717, 1.165) is 55.4 Å². The Morgan fingerprint density at radius 2 is 1.49 bits per heavy atom. The molecule has 1 atom stereocenters. The van der Waals surface area contributed by atoms with E-state index in [1.54, 1.807) is 0 Å². The molecular formula is C33H34N6. The van der Waals surface area contributed by atoms with Gasteiger partial charge in [-0.05, 0) is 63.4 Å². The number of rotatable bonds is 7. The first-order valence-corrected chi connectivity index (χ1v) is 13.7. The van der Waals surface area contributed by atoms with Crippen LogP contribution in [-0.4, -0.2) is 62.7 Å². The van der Waals surface area contributed by atoms with Crippen LogP contribution in [0.5, 0.6) is 0 Å². The molecule has 1 aliphatic rings. The molecule has 6 heteroatoms. The number of benzene rings is 4. The van der Waals surface area contributed by atoms with Crippen molar-refractivity contribution in [3.05, 3.63) is 125 Å². The Morgan fingerprint density at radius 1 is 0.769 bits per heavy atom. The van der Waals surface area contributed by atoms with Gasteiger partial charge in [0, 0.05) is 32.7 Å². The van der Waals surface area contributed by atoms with E-state index in [2.05, 4.69) is 142 Å². The van der Waals surface area contributed by atoms with Gasteiger partial charge in [0.25, 0.3) is 0 Å². The third-order valence-corrected chi connectivity index (χ3v) is 7.72. The second-order valence-corrected chi connectivity index (χ2v) is 10.3. The molecule has 0 amide bonds. The standard InChI is InChI=1S/C33H34N6/c1-25-10-8-11-26(2)31(25)39-33(34-35-36-39)32(30-18-17-28-15-6-7-16-29(28)24-30)38-22-20-37(21-23-38)19-9-14-27-12-4-3-5-13-27/h3-18,24,32H,19-23H2,1-2H3/t32-/m0/s1. The number of para-hydroxylation sites is 1. The van der Waals surface area contributed by atoms with Gasteiger partial charge in [-0.15, -0.1) is 5.10 Å². The summed E-state index contributed by atoms with van der Waals surface area (Å²) in [5, 5.41) is 15.8. The Kier molecular flexibility index (Phi) is 7.30. The minimum atomic E-state index is -0.0503. The van der Waals surface area contributed by atoms with Crippen LogP contribution in [0, 0.1) is 13.8 Å². The fourth-order valence-corrected chi connectivity index (χ4v) is 5.67. The molecule has 0 bridgehead atoms. The zero-order valence-electron chi connectivity index (χ0n) is 22.6. The topological polar surface area (TPSA) is 50.1 Å². The maximum atomic E-state index is 4.64. The highest BCUT2D eigenvalue weighted by atomic mass is 15.6. The summed E-state index contributed by atoms with van der Waals surface area (Å²) in [7, 11) is 0. The molecule has 0 spiro atoms. The Balaban J connectivity index is 1.30. The van der Waals surface area contributed by atoms with Crippen LogP contribution in [0.2, 0.25) is 0 Å². The SMILES string of the molecule is Cc1cccc(C)c1-n1nnnc1[C@H](c1ccc2ccccc2c1)N1CCN(CC=Cc2ccccc2)CC1. The number of tetrazole rings is 1. The van der Waals surface area contributed by atoms with Gasteiger partial charge in [-0.2, -0.15) is 4.68 Å². The molecule has 1 aromatic heterocycles. The van der Waals surface area contributed by atoms with Gasteiger partial charge < -0.3 is 0 Å². The molecule has 1 aliphatic heterocycles. The number of hydrogen-bond acceptors (Lipinski definition) is 5. The Morgan fingerprint density at radius 3 is 2.26 bits per heavy atom. The first-order chi connectivity index (χ1) is 19.2. The number of aromatic nitrogens is 4. The predicted octanol–water partition coefficient (Wildman–Crippen LogP) is 5.85. The average Bonchev–Trinajstić information content (AvgIpc) is 3.43. The predicted molar refractivity (Wildman–Crippen MR) is 158 cm³/mol. The first kappa shape index (κ1) is 25.2. The molecule has 2 heterocycles. The zero-order chi connectivity index (χ0) is 26.6. The van der Waals surface area contributed by atoms with Crippen molar-refractivity contribution in [1.82, 2.24) is 30.0 Å². The van der Waals surface area contributed by atoms with E-state index in [4.69, 9.17) is 0 Å². The van der Waals surface area contributed by atoms with Crippen LogP contribution in [0.1, 0.15) is 34.1 Å². The van der Waals surface area contributed by atoms with Gasteiger partial charge in [-0.3, -0.25) is 9.80 Å². The van der Waals surface area contributed by atoms with Crippen molar-refractivity contribution in [2.45, 2.75) is 19.9 Å². The smallest absolute Gasteiger partial charge is 0.178 e. The summed E-state index contributed by atoms with van der Waals surface area (Å²) in [4.78, 5) is 5.05. The molecule has 6 rings (SSSR count). The number of piperazine rings is 1. The van der Waals surface area contributed by atoms with Crippen LogP contribution in [-0.2, 0) is 0 Å². The zero-order valence-corrected chi connectivity index (χ0v) is 22.6. The summed E-state index contributed by atoms with van der Waals surface area (Å²) in [5.74, 6) is 0.861. The maximum absolute atomic E-state index is 4.64. The van der Waals surface area contributed by atoms with Crippen molar-refractivity contribution in [2.75, 3.05) is 32.7 Å². The van der Waals surface area contributed by atoms with Crippen molar-refractivity contribution in [2.24, 2.45) is 0 Å². The third kappa shape index (κ3) is 5.39. The van der Waals surface area contributed by atoms with Gasteiger partial charge in [-0.1, -0.05) is 97.1 Å².